The van der Waals surface area contributed by atoms with Crippen LogP contribution in [0.2, 0.25) is 0 Å². The Bertz CT molecular complexity index is 1260. The number of ether oxygens (including phenoxy) is 1. The van der Waals surface area contributed by atoms with Crippen LogP contribution in [-0.2, 0) is 11.3 Å². The van der Waals surface area contributed by atoms with Gasteiger partial charge < -0.3 is 14.6 Å². The van der Waals surface area contributed by atoms with Gasteiger partial charge in [-0.1, -0.05) is 24.3 Å². The first-order valence-electron chi connectivity index (χ1n) is 9.46. The molecule has 4 rings (SSSR count). The number of aromatic nitrogens is 3. The van der Waals surface area contributed by atoms with Crippen LogP contribution >= 0.6 is 0 Å². The van der Waals surface area contributed by atoms with Crippen LogP contribution in [0.1, 0.15) is 22.5 Å². The predicted molar refractivity (Wildman–Crippen MR) is 113 cm³/mol. The summed E-state index contributed by atoms with van der Waals surface area (Å²) in [4.78, 5) is 30.7. The van der Waals surface area contributed by atoms with Gasteiger partial charge in [0.2, 0.25) is 0 Å². The monoisotopic (exact) mass is 390 g/mol. The third-order valence-corrected chi connectivity index (χ3v) is 4.93. The van der Waals surface area contributed by atoms with E-state index < -0.39 is 0 Å². The third kappa shape index (κ3) is 3.52. The van der Waals surface area contributed by atoms with Crippen LogP contribution in [0.25, 0.3) is 16.7 Å². The summed E-state index contributed by atoms with van der Waals surface area (Å²) in [5.74, 6) is -0.275. The molecule has 7 nitrogen and oxygen atoms in total. The molecule has 4 aromatic rings. The summed E-state index contributed by atoms with van der Waals surface area (Å²) in [6.07, 6.45) is 2.38. The predicted octanol–water partition coefficient (Wildman–Crippen LogP) is 3.25. The molecule has 0 atom stereocenters. The molecule has 0 saturated carbocycles. The lowest BCUT2D eigenvalue weighted by molar-refractivity contribution is 0.101. The molecule has 0 bridgehead atoms. The number of rotatable bonds is 6. The van der Waals surface area contributed by atoms with Crippen molar-refractivity contribution in [3.05, 3.63) is 76.3 Å². The number of carbonyl (C=O) groups excluding carboxylic acids is 1. The van der Waals surface area contributed by atoms with E-state index in [1.54, 1.807) is 36.1 Å². The van der Waals surface area contributed by atoms with Gasteiger partial charge in [0.05, 0.1) is 5.39 Å². The second-order valence-electron chi connectivity index (χ2n) is 6.88. The fraction of sp³-hybridized carbons (Fsp3) is 0.227. The van der Waals surface area contributed by atoms with Crippen molar-refractivity contribution in [3.8, 4) is 0 Å². The Labute approximate surface area is 167 Å². The van der Waals surface area contributed by atoms with E-state index in [2.05, 4.69) is 10.3 Å². The normalized spacial score (nSPS) is 11.2. The highest BCUT2D eigenvalue weighted by atomic mass is 16.5. The molecule has 0 fully saturated rings. The number of para-hydroxylation sites is 1. The van der Waals surface area contributed by atoms with E-state index in [0.29, 0.717) is 41.9 Å². The molecule has 0 saturated heterocycles. The molecule has 0 aliphatic carbocycles. The third-order valence-electron chi connectivity index (χ3n) is 4.93. The van der Waals surface area contributed by atoms with Crippen LogP contribution in [0.5, 0.6) is 0 Å². The zero-order chi connectivity index (χ0) is 20.4. The van der Waals surface area contributed by atoms with Crippen molar-refractivity contribution < 1.29 is 9.53 Å². The molecular weight excluding hydrogens is 368 g/mol. The average molecular weight is 390 g/mol. The number of benzene rings is 1. The fourth-order valence-electron chi connectivity index (χ4n) is 3.43. The summed E-state index contributed by atoms with van der Waals surface area (Å²) >= 11 is 0. The van der Waals surface area contributed by atoms with Gasteiger partial charge >= 0.3 is 0 Å². The molecule has 0 aliphatic rings. The first-order valence-corrected chi connectivity index (χ1v) is 9.46. The summed E-state index contributed by atoms with van der Waals surface area (Å²) < 4.78 is 8.45. The molecule has 3 heterocycles. The molecule has 0 radical (unpaired) electrons. The first-order chi connectivity index (χ1) is 14.1. The van der Waals surface area contributed by atoms with Crippen molar-refractivity contribution in [2.45, 2.75) is 19.9 Å². The lowest BCUT2D eigenvalue weighted by Crippen LogP contribution is -2.18. The number of nitrogens with one attached hydrogen (secondary N) is 1. The quantitative estimate of drug-likeness (QED) is 0.513. The average Bonchev–Trinajstić information content (AvgIpc) is 3.09. The highest BCUT2D eigenvalue weighted by Crippen LogP contribution is 2.20. The number of amides is 1. The molecule has 7 heteroatoms. The summed E-state index contributed by atoms with van der Waals surface area (Å²) in [6.45, 7) is 3.00. The lowest BCUT2D eigenvalue weighted by atomic mass is 10.2. The van der Waals surface area contributed by atoms with Crippen LogP contribution < -0.4 is 10.9 Å². The molecule has 148 valence electrons. The Morgan fingerprint density at radius 1 is 1.17 bits per heavy atom. The maximum Gasteiger partial charge on any atom is 0.272 e. The van der Waals surface area contributed by atoms with Gasteiger partial charge in [0.25, 0.3) is 11.5 Å². The van der Waals surface area contributed by atoms with Crippen molar-refractivity contribution in [3.63, 3.8) is 0 Å². The van der Waals surface area contributed by atoms with Crippen molar-refractivity contribution in [1.29, 1.82) is 0 Å². The van der Waals surface area contributed by atoms with E-state index in [-0.39, 0.29) is 11.5 Å². The topological polar surface area (TPSA) is 77.6 Å². The maximum atomic E-state index is 13.1. The second kappa shape index (κ2) is 7.89. The van der Waals surface area contributed by atoms with Crippen molar-refractivity contribution in [1.82, 2.24) is 14.0 Å². The van der Waals surface area contributed by atoms with Crippen molar-refractivity contribution in [2.24, 2.45) is 0 Å². The molecule has 29 heavy (non-hydrogen) atoms. The van der Waals surface area contributed by atoms with Gasteiger partial charge in [-0.3, -0.25) is 14.0 Å². The number of anilines is 1. The molecule has 0 spiro atoms. The number of aryl methyl sites for hydroxylation is 2. The number of methoxy groups -OCH3 is 1. The van der Waals surface area contributed by atoms with Gasteiger partial charge in [0.15, 0.2) is 0 Å². The number of carbonyl (C=O) groups is 1. The van der Waals surface area contributed by atoms with Gasteiger partial charge in [0, 0.05) is 32.1 Å². The Morgan fingerprint density at radius 2 is 1.97 bits per heavy atom. The van der Waals surface area contributed by atoms with E-state index >= 15 is 0 Å². The van der Waals surface area contributed by atoms with E-state index in [0.717, 1.165) is 11.3 Å². The number of fused-ring (bicyclic) bond motifs is 2. The van der Waals surface area contributed by atoms with E-state index in [1.807, 2.05) is 37.3 Å². The number of hydrogen-bond acceptors (Lipinski definition) is 4. The van der Waals surface area contributed by atoms with Crippen molar-refractivity contribution >= 4 is 28.3 Å². The highest BCUT2D eigenvalue weighted by Gasteiger charge is 2.20. The molecule has 3 aromatic heterocycles. The highest BCUT2D eigenvalue weighted by molar-refractivity contribution is 6.06. The Kier molecular flexibility index (Phi) is 5.14. The summed E-state index contributed by atoms with van der Waals surface area (Å²) in [7, 11) is 1.64. The number of hydrogen-bond donors (Lipinski definition) is 1. The molecule has 0 unspecified atom stereocenters. The Balaban J connectivity index is 1.85. The summed E-state index contributed by atoms with van der Waals surface area (Å²) in [5.41, 5.74) is 2.96. The van der Waals surface area contributed by atoms with Gasteiger partial charge in [-0.2, -0.15) is 0 Å². The zero-order valence-electron chi connectivity index (χ0n) is 16.4. The van der Waals surface area contributed by atoms with Crippen LogP contribution in [0.4, 0.5) is 5.69 Å². The standard InChI is InChI=1S/C22H22N4O3/c1-15-8-3-4-9-17(15)23-21(27)18-14-16-20(25(18)12-7-13-29-2)24-19-10-5-6-11-26(19)22(16)28/h3-6,8-11,14H,7,12-13H2,1-2H3,(H,23,27). The SMILES string of the molecule is COCCCn1c(C(=O)Nc2ccccc2C)cc2c(=O)n3ccccc3nc21. The smallest absolute Gasteiger partial charge is 0.272 e. The summed E-state index contributed by atoms with van der Waals surface area (Å²) in [6, 6.07) is 14.6. The first kappa shape index (κ1) is 18.9. The lowest BCUT2D eigenvalue weighted by Gasteiger charge is -2.12. The van der Waals surface area contributed by atoms with E-state index in [1.165, 1.54) is 4.40 Å². The van der Waals surface area contributed by atoms with Crippen LogP contribution in [-0.4, -0.2) is 33.6 Å². The molecule has 1 amide bonds. The molecule has 0 aliphatic heterocycles. The van der Waals surface area contributed by atoms with E-state index in [9.17, 15) is 9.59 Å². The van der Waals surface area contributed by atoms with Gasteiger partial charge in [-0.05, 0) is 43.2 Å². The largest absolute Gasteiger partial charge is 0.385 e. The Morgan fingerprint density at radius 3 is 2.76 bits per heavy atom. The number of pyridine rings is 1. The van der Waals surface area contributed by atoms with E-state index in [4.69, 9.17) is 4.74 Å². The molecular formula is C22H22N4O3. The second-order valence-corrected chi connectivity index (χ2v) is 6.88. The minimum Gasteiger partial charge on any atom is -0.385 e. The van der Waals surface area contributed by atoms with Crippen LogP contribution in [0, 0.1) is 6.92 Å². The minimum atomic E-state index is -0.275. The Hall–Kier alpha value is -3.45. The van der Waals surface area contributed by atoms with Crippen LogP contribution in [0.3, 0.4) is 0 Å². The molecule has 1 N–H and O–H groups in total. The number of nitrogens with zero attached hydrogens (tertiary/aromatic N) is 3. The molecule has 1 aromatic carbocycles. The van der Waals surface area contributed by atoms with Gasteiger partial charge in [0.1, 0.15) is 17.0 Å². The van der Waals surface area contributed by atoms with Gasteiger partial charge in [-0.15, -0.1) is 0 Å². The fourth-order valence-corrected chi connectivity index (χ4v) is 3.43. The zero-order valence-corrected chi connectivity index (χ0v) is 16.4. The van der Waals surface area contributed by atoms with Crippen LogP contribution in [0.15, 0.2) is 59.5 Å². The van der Waals surface area contributed by atoms with Gasteiger partial charge in [-0.25, -0.2) is 4.98 Å². The minimum absolute atomic E-state index is 0.193. The summed E-state index contributed by atoms with van der Waals surface area (Å²) in [5, 5.41) is 3.37. The maximum absolute atomic E-state index is 13.1. The van der Waals surface area contributed by atoms with Crippen molar-refractivity contribution in [2.75, 3.05) is 19.0 Å².